The molecule has 0 aliphatic heterocycles. The lowest BCUT2D eigenvalue weighted by Gasteiger charge is -2.22. The lowest BCUT2D eigenvalue weighted by atomic mass is 10.1. The second-order valence-electron chi connectivity index (χ2n) is 4.23. The van der Waals surface area contributed by atoms with Crippen LogP contribution in [-0.4, -0.2) is 41.9 Å². The predicted molar refractivity (Wildman–Crippen MR) is 49.1 cm³/mol. The van der Waals surface area contributed by atoms with E-state index in [4.69, 9.17) is 0 Å². The van der Waals surface area contributed by atoms with Gasteiger partial charge in [-0.25, -0.2) is 0 Å². The molecule has 0 heterocycles. The van der Waals surface area contributed by atoms with Gasteiger partial charge in [-0.15, -0.1) is 0 Å². The highest BCUT2D eigenvalue weighted by Crippen LogP contribution is 2.19. The Bertz CT molecular complexity index is 144. The van der Waals surface area contributed by atoms with Crippen molar-refractivity contribution in [3.05, 3.63) is 0 Å². The Hall–Kier alpha value is -0.290. The third-order valence-corrected chi connectivity index (χ3v) is 1.88. The van der Waals surface area contributed by atoms with E-state index in [2.05, 4.69) is 0 Å². The molecule has 0 aliphatic carbocycles. The van der Waals surface area contributed by atoms with Gasteiger partial charge in [0, 0.05) is 13.1 Å². The average Bonchev–Trinajstić information content (AvgIpc) is 1.94. The van der Waals surface area contributed by atoms with Crippen molar-refractivity contribution in [2.24, 2.45) is 0 Å². The molecule has 0 rings (SSSR count). The number of aliphatic hydroxyl groups is 1. The normalized spacial score (nSPS) is 13.7. The fraction of sp³-hybridized carbons (Fsp3) is 1.00. The molecule has 0 aliphatic rings. The van der Waals surface area contributed by atoms with Crippen LogP contribution in [0, 0.1) is 0 Å². The number of hydrogen-bond donors (Lipinski definition) is 1. The summed E-state index contributed by atoms with van der Waals surface area (Å²) in [5.74, 6) is 0. The summed E-state index contributed by atoms with van der Waals surface area (Å²) < 4.78 is 35.4. The maximum absolute atomic E-state index is 11.8. The zero-order chi connectivity index (χ0) is 11.4. The van der Waals surface area contributed by atoms with E-state index in [0.717, 1.165) is 0 Å². The SMILES string of the molecule is CN(CCC(C)(C)O)CCC(F)(F)F. The molecule has 0 spiro atoms. The molecule has 0 fully saturated rings. The van der Waals surface area contributed by atoms with Gasteiger partial charge in [0.1, 0.15) is 0 Å². The molecule has 1 N–H and O–H groups in total. The monoisotopic (exact) mass is 213 g/mol. The molecule has 0 saturated carbocycles. The van der Waals surface area contributed by atoms with Crippen molar-refractivity contribution in [1.29, 1.82) is 0 Å². The number of rotatable bonds is 5. The van der Waals surface area contributed by atoms with Crippen LogP contribution in [0.2, 0.25) is 0 Å². The topological polar surface area (TPSA) is 23.5 Å². The number of alkyl halides is 3. The molecule has 5 heteroatoms. The predicted octanol–water partition coefficient (Wildman–Crippen LogP) is 2.03. The third-order valence-electron chi connectivity index (χ3n) is 1.88. The quantitative estimate of drug-likeness (QED) is 0.755. The number of hydrogen-bond acceptors (Lipinski definition) is 2. The van der Waals surface area contributed by atoms with Gasteiger partial charge >= 0.3 is 6.18 Å². The molecule has 86 valence electrons. The van der Waals surface area contributed by atoms with E-state index in [1.165, 1.54) is 0 Å². The molecule has 0 radical (unpaired) electrons. The molecule has 0 bridgehead atoms. The smallest absolute Gasteiger partial charge is 0.390 e. The van der Waals surface area contributed by atoms with E-state index >= 15 is 0 Å². The molecule has 0 amide bonds. The van der Waals surface area contributed by atoms with Crippen LogP contribution in [0.3, 0.4) is 0 Å². The van der Waals surface area contributed by atoms with Crippen LogP contribution in [0.15, 0.2) is 0 Å². The van der Waals surface area contributed by atoms with Gasteiger partial charge in [0.2, 0.25) is 0 Å². The summed E-state index contributed by atoms with van der Waals surface area (Å²) in [5, 5.41) is 9.35. The van der Waals surface area contributed by atoms with Gasteiger partial charge in [0.05, 0.1) is 12.0 Å². The molecule has 0 unspecified atom stereocenters. The van der Waals surface area contributed by atoms with Gasteiger partial charge in [-0.2, -0.15) is 13.2 Å². The molecule has 0 aromatic rings. The highest BCUT2D eigenvalue weighted by Gasteiger charge is 2.27. The molecule has 2 nitrogen and oxygen atoms in total. The van der Waals surface area contributed by atoms with Crippen LogP contribution in [-0.2, 0) is 0 Å². The summed E-state index contributed by atoms with van der Waals surface area (Å²) in [6.45, 7) is 3.74. The van der Waals surface area contributed by atoms with Crippen LogP contribution < -0.4 is 0 Å². The first kappa shape index (κ1) is 13.7. The Morgan fingerprint density at radius 2 is 1.50 bits per heavy atom. The van der Waals surface area contributed by atoms with E-state index in [-0.39, 0.29) is 6.54 Å². The summed E-state index contributed by atoms with van der Waals surface area (Å²) in [6.07, 6.45) is -4.42. The van der Waals surface area contributed by atoms with E-state index in [9.17, 15) is 18.3 Å². The zero-order valence-corrected chi connectivity index (χ0v) is 8.86. The maximum atomic E-state index is 11.8. The second-order valence-corrected chi connectivity index (χ2v) is 4.23. The minimum atomic E-state index is -4.09. The Labute approximate surface area is 82.7 Å². The van der Waals surface area contributed by atoms with Crippen molar-refractivity contribution in [2.75, 3.05) is 20.1 Å². The largest absolute Gasteiger partial charge is 0.390 e. The van der Waals surface area contributed by atoms with Gasteiger partial charge < -0.3 is 10.0 Å². The van der Waals surface area contributed by atoms with Gasteiger partial charge in [-0.05, 0) is 27.3 Å². The van der Waals surface area contributed by atoms with Crippen molar-refractivity contribution in [2.45, 2.75) is 38.5 Å². The van der Waals surface area contributed by atoms with E-state index in [1.54, 1.807) is 25.8 Å². The van der Waals surface area contributed by atoms with Crippen LogP contribution in [0.4, 0.5) is 13.2 Å². The number of halogens is 3. The Balaban J connectivity index is 3.62. The summed E-state index contributed by atoms with van der Waals surface area (Å²) in [5.41, 5.74) is -0.813. The Morgan fingerprint density at radius 1 is 1.07 bits per heavy atom. The van der Waals surface area contributed by atoms with Crippen molar-refractivity contribution >= 4 is 0 Å². The first-order chi connectivity index (χ1) is 6.10. The van der Waals surface area contributed by atoms with Crippen molar-refractivity contribution in [3.8, 4) is 0 Å². The molecule has 0 saturated heterocycles. The summed E-state index contributed by atoms with van der Waals surface area (Å²) in [7, 11) is 1.62. The summed E-state index contributed by atoms with van der Waals surface area (Å²) in [4.78, 5) is 1.57. The van der Waals surface area contributed by atoms with Gasteiger partial charge in [0.25, 0.3) is 0 Å². The highest BCUT2D eigenvalue weighted by molar-refractivity contribution is 4.67. The van der Waals surface area contributed by atoms with Gasteiger partial charge in [-0.1, -0.05) is 0 Å². The van der Waals surface area contributed by atoms with E-state index in [0.29, 0.717) is 13.0 Å². The van der Waals surface area contributed by atoms with E-state index < -0.39 is 18.2 Å². The molecule has 14 heavy (non-hydrogen) atoms. The summed E-state index contributed by atoms with van der Waals surface area (Å²) in [6, 6.07) is 0. The van der Waals surface area contributed by atoms with Crippen molar-refractivity contribution in [3.63, 3.8) is 0 Å². The third kappa shape index (κ3) is 9.80. The van der Waals surface area contributed by atoms with Crippen LogP contribution in [0.1, 0.15) is 26.7 Å². The van der Waals surface area contributed by atoms with Crippen molar-refractivity contribution < 1.29 is 18.3 Å². The second kappa shape index (κ2) is 4.98. The van der Waals surface area contributed by atoms with Crippen LogP contribution in [0.25, 0.3) is 0 Å². The Morgan fingerprint density at radius 3 is 1.86 bits per heavy atom. The maximum Gasteiger partial charge on any atom is 0.390 e. The minimum Gasteiger partial charge on any atom is -0.390 e. The number of nitrogens with zero attached hydrogens (tertiary/aromatic N) is 1. The molecule has 0 atom stereocenters. The van der Waals surface area contributed by atoms with Gasteiger partial charge in [-0.3, -0.25) is 0 Å². The molecular weight excluding hydrogens is 195 g/mol. The molecule has 0 aromatic carbocycles. The highest BCUT2D eigenvalue weighted by atomic mass is 19.4. The first-order valence-electron chi connectivity index (χ1n) is 4.58. The molecular formula is C9H18F3NO. The molecule has 0 aromatic heterocycles. The minimum absolute atomic E-state index is 0.0143. The Kier molecular flexibility index (Phi) is 4.88. The zero-order valence-electron chi connectivity index (χ0n) is 8.86. The standard InChI is InChI=1S/C9H18F3NO/c1-8(2,14)4-6-13(3)7-5-9(10,11)12/h14H,4-7H2,1-3H3. The fourth-order valence-electron chi connectivity index (χ4n) is 0.894. The first-order valence-corrected chi connectivity index (χ1v) is 4.58. The lowest BCUT2D eigenvalue weighted by molar-refractivity contribution is -0.137. The summed E-state index contributed by atoms with van der Waals surface area (Å²) >= 11 is 0. The van der Waals surface area contributed by atoms with Crippen molar-refractivity contribution in [1.82, 2.24) is 4.90 Å². The van der Waals surface area contributed by atoms with E-state index in [1.807, 2.05) is 0 Å². The fourth-order valence-corrected chi connectivity index (χ4v) is 0.894. The van der Waals surface area contributed by atoms with Gasteiger partial charge in [0.15, 0.2) is 0 Å². The van der Waals surface area contributed by atoms with Crippen LogP contribution >= 0.6 is 0 Å². The lowest BCUT2D eigenvalue weighted by Crippen LogP contribution is -2.30. The average molecular weight is 213 g/mol. The van der Waals surface area contributed by atoms with Crippen LogP contribution in [0.5, 0.6) is 0 Å².